The summed E-state index contributed by atoms with van der Waals surface area (Å²) in [6.45, 7) is 3.89. The second-order valence-corrected chi connectivity index (χ2v) is 9.17. The van der Waals surface area contributed by atoms with E-state index in [1.165, 1.54) is 12.0 Å². The van der Waals surface area contributed by atoms with Crippen LogP contribution in [0, 0.1) is 5.92 Å². The normalized spacial score (nSPS) is 20.1. The van der Waals surface area contributed by atoms with E-state index in [1.54, 1.807) is 0 Å². The summed E-state index contributed by atoms with van der Waals surface area (Å²) in [7, 11) is 1.26. The van der Waals surface area contributed by atoms with E-state index in [0.29, 0.717) is 6.42 Å². The van der Waals surface area contributed by atoms with Crippen molar-refractivity contribution in [2.24, 2.45) is 5.92 Å². The van der Waals surface area contributed by atoms with Gasteiger partial charge in [-0.15, -0.1) is 0 Å². The van der Waals surface area contributed by atoms with E-state index in [1.807, 2.05) is 62.4 Å². The highest BCUT2D eigenvalue weighted by atomic mass is 16.5. The molecule has 1 saturated heterocycles. The van der Waals surface area contributed by atoms with Crippen LogP contribution < -0.4 is 5.32 Å². The zero-order valence-electron chi connectivity index (χ0n) is 19.6. The quantitative estimate of drug-likeness (QED) is 0.608. The molecule has 1 fully saturated rings. The molecule has 0 saturated carbocycles. The number of alkyl carbamates (subject to hydrolysis) is 1. The molecule has 1 aliphatic carbocycles. The van der Waals surface area contributed by atoms with Crippen molar-refractivity contribution in [3.05, 3.63) is 59.7 Å². The van der Waals surface area contributed by atoms with Crippen molar-refractivity contribution < 1.29 is 29.0 Å². The molecule has 3 atom stereocenters. The number of aliphatic hydroxyl groups is 1. The molecule has 0 radical (unpaired) electrons. The Morgan fingerprint density at radius 1 is 1.09 bits per heavy atom. The van der Waals surface area contributed by atoms with E-state index < -0.39 is 36.2 Å². The average Bonchev–Trinajstić information content (AvgIpc) is 3.29. The molecular weight excluding hydrogens is 436 g/mol. The summed E-state index contributed by atoms with van der Waals surface area (Å²) in [6.07, 6.45) is -1.56. The molecule has 4 rings (SSSR count). The van der Waals surface area contributed by atoms with E-state index in [9.17, 15) is 19.5 Å². The molecule has 1 aliphatic heterocycles. The zero-order valence-corrected chi connectivity index (χ0v) is 19.6. The molecule has 2 aromatic carbocycles. The minimum atomic E-state index is -1.19. The first-order valence-corrected chi connectivity index (χ1v) is 11.5. The molecule has 0 aromatic heterocycles. The van der Waals surface area contributed by atoms with Crippen LogP contribution in [0.4, 0.5) is 4.79 Å². The Balaban J connectivity index is 1.42. The van der Waals surface area contributed by atoms with Gasteiger partial charge in [0, 0.05) is 5.92 Å². The standard InChI is InChI=1S/C26H30N2O6/c1-15(2)12-21(25(31)33-3)28-13-22(29)23(24(28)30)27-26(32)34-14-20-18-10-6-4-8-16(18)17-9-5-7-11-19(17)20/h4-11,15,20-23,29H,12-14H2,1-3H3,(H,27,32)/t21-,22+,23-/m1/s1. The van der Waals surface area contributed by atoms with E-state index in [0.717, 1.165) is 22.3 Å². The van der Waals surface area contributed by atoms with Crippen LogP contribution in [0.3, 0.4) is 0 Å². The van der Waals surface area contributed by atoms with Crippen molar-refractivity contribution in [3.63, 3.8) is 0 Å². The number of nitrogens with zero attached hydrogens (tertiary/aromatic N) is 1. The molecule has 180 valence electrons. The van der Waals surface area contributed by atoms with Gasteiger partial charge in [-0.1, -0.05) is 62.4 Å². The van der Waals surface area contributed by atoms with Crippen molar-refractivity contribution in [1.29, 1.82) is 0 Å². The highest BCUT2D eigenvalue weighted by Crippen LogP contribution is 2.44. The molecule has 2 N–H and O–H groups in total. The number of esters is 1. The Hall–Kier alpha value is -3.39. The van der Waals surface area contributed by atoms with E-state index >= 15 is 0 Å². The Labute approximate surface area is 198 Å². The van der Waals surface area contributed by atoms with Gasteiger partial charge in [0.2, 0.25) is 5.91 Å². The number of methoxy groups -OCH3 is 1. The number of hydrogen-bond acceptors (Lipinski definition) is 6. The first-order chi connectivity index (χ1) is 16.3. The Morgan fingerprint density at radius 2 is 1.68 bits per heavy atom. The Kier molecular flexibility index (Phi) is 6.88. The largest absolute Gasteiger partial charge is 0.467 e. The summed E-state index contributed by atoms with van der Waals surface area (Å²) < 4.78 is 10.4. The topological polar surface area (TPSA) is 105 Å². The maximum absolute atomic E-state index is 13.0. The van der Waals surface area contributed by atoms with Crippen LogP contribution >= 0.6 is 0 Å². The van der Waals surface area contributed by atoms with Crippen LogP contribution in [0.25, 0.3) is 11.1 Å². The lowest BCUT2D eigenvalue weighted by atomic mass is 9.98. The number of aliphatic hydroxyl groups excluding tert-OH is 1. The predicted octanol–water partition coefficient (Wildman–Crippen LogP) is 2.68. The number of benzene rings is 2. The number of rotatable bonds is 7. The zero-order chi connectivity index (χ0) is 24.4. The molecule has 1 heterocycles. The lowest BCUT2D eigenvalue weighted by Gasteiger charge is -2.27. The molecule has 2 amide bonds. The number of ether oxygens (including phenoxy) is 2. The monoisotopic (exact) mass is 466 g/mol. The van der Waals surface area contributed by atoms with Crippen molar-refractivity contribution in [1.82, 2.24) is 10.2 Å². The Bertz CT molecular complexity index is 1040. The highest BCUT2D eigenvalue weighted by Gasteiger charge is 2.46. The number of carbonyl (C=O) groups is 3. The van der Waals surface area contributed by atoms with Gasteiger partial charge in [-0.25, -0.2) is 9.59 Å². The number of fused-ring (bicyclic) bond motifs is 3. The van der Waals surface area contributed by atoms with Crippen LogP contribution in [-0.2, 0) is 19.1 Å². The fraction of sp³-hybridized carbons (Fsp3) is 0.423. The summed E-state index contributed by atoms with van der Waals surface area (Å²) in [5, 5.41) is 13.0. The number of carbonyl (C=O) groups excluding carboxylic acids is 3. The molecular formula is C26H30N2O6. The molecule has 0 unspecified atom stereocenters. The van der Waals surface area contributed by atoms with Crippen molar-refractivity contribution in [2.45, 2.75) is 44.4 Å². The molecule has 2 aromatic rings. The number of likely N-dealkylation sites (tertiary alicyclic amines) is 1. The fourth-order valence-corrected chi connectivity index (χ4v) is 4.88. The summed E-state index contributed by atoms with van der Waals surface area (Å²) in [6, 6.07) is 14.0. The minimum Gasteiger partial charge on any atom is -0.467 e. The molecule has 8 nitrogen and oxygen atoms in total. The van der Waals surface area contributed by atoms with E-state index in [2.05, 4.69) is 5.32 Å². The van der Waals surface area contributed by atoms with Crippen LogP contribution in [0.1, 0.15) is 37.3 Å². The summed E-state index contributed by atoms with van der Waals surface area (Å²) >= 11 is 0. The van der Waals surface area contributed by atoms with Crippen LogP contribution in [0.5, 0.6) is 0 Å². The lowest BCUT2D eigenvalue weighted by Crippen LogP contribution is -2.49. The molecule has 0 bridgehead atoms. The highest BCUT2D eigenvalue weighted by molar-refractivity contribution is 5.92. The van der Waals surface area contributed by atoms with Gasteiger partial charge >= 0.3 is 12.1 Å². The van der Waals surface area contributed by atoms with E-state index in [4.69, 9.17) is 9.47 Å². The predicted molar refractivity (Wildman–Crippen MR) is 125 cm³/mol. The molecule has 2 aliphatic rings. The van der Waals surface area contributed by atoms with Gasteiger partial charge in [-0.2, -0.15) is 0 Å². The van der Waals surface area contributed by atoms with Crippen molar-refractivity contribution in [2.75, 3.05) is 20.3 Å². The summed E-state index contributed by atoms with van der Waals surface area (Å²) in [5.41, 5.74) is 4.38. The lowest BCUT2D eigenvalue weighted by molar-refractivity contribution is -0.152. The number of amides is 2. The van der Waals surface area contributed by atoms with Gasteiger partial charge in [-0.05, 0) is 34.6 Å². The number of β-amino-alcohol motifs (C(OH)–C–C–N with tert-alkyl or cyclic N) is 1. The summed E-state index contributed by atoms with van der Waals surface area (Å²) in [5.74, 6) is -1.06. The fourth-order valence-electron chi connectivity index (χ4n) is 4.88. The number of nitrogens with one attached hydrogen (secondary N) is 1. The second kappa shape index (κ2) is 9.85. The van der Waals surface area contributed by atoms with Gasteiger partial charge < -0.3 is 24.8 Å². The SMILES string of the molecule is COC(=O)[C@@H](CC(C)C)N1C[C@H](O)[C@@H](NC(=O)OCC2c3ccccc3-c3ccccc32)C1=O. The molecule has 0 spiro atoms. The average molecular weight is 467 g/mol. The second-order valence-electron chi connectivity index (χ2n) is 9.17. The van der Waals surface area contributed by atoms with E-state index in [-0.39, 0.29) is 25.0 Å². The van der Waals surface area contributed by atoms with Gasteiger partial charge in [0.25, 0.3) is 0 Å². The molecule has 34 heavy (non-hydrogen) atoms. The third-order valence-electron chi connectivity index (χ3n) is 6.48. The van der Waals surface area contributed by atoms with Gasteiger partial charge in [-0.3, -0.25) is 4.79 Å². The third-order valence-corrected chi connectivity index (χ3v) is 6.48. The van der Waals surface area contributed by atoms with Crippen LogP contribution in [0.15, 0.2) is 48.5 Å². The van der Waals surface area contributed by atoms with Crippen molar-refractivity contribution in [3.8, 4) is 11.1 Å². The van der Waals surface area contributed by atoms with Gasteiger partial charge in [0.05, 0.1) is 13.7 Å². The van der Waals surface area contributed by atoms with Crippen molar-refractivity contribution >= 4 is 18.0 Å². The van der Waals surface area contributed by atoms with Crippen LogP contribution in [-0.4, -0.2) is 66.4 Å². The summed E-state index contributed by atoms with van der Waals surface area (Å²) in [4.78, 5) is 39.1. The third kappa shape index (κ3) is 4.50. The number of hydrogen-bond donors (Lipinski definition) is 2. The minimum absolute atomic E-state index is 0.0698. The van der Waals surface area contributed by atoms with Gasteiger partial charge in [0.1, 0.15) is 24.8 Å². The maximum Gasteiger partial charge on any atom is 0.407 e. The Morgan fingerprint density at radius 3 is 2.24 bits per heavy atom. The smallest absolute Gasteiger partial charge is 0.407 e. The van der Waals surface area contributed by atoms with Gasteiger partial charge in [0.15, 0.2) is 0 Å². The molecule has 8 heteroatoms. The maximum atomic E-state index is 13.0. The van der Waals surface area contributed by atoms with Crippen LogP contribution in [0.2, 0.25) is 0 Å². The first kappa shape index (κ1) is 23.8. The first-order valence-electron chi connectivity index (χ1n) is 11.5.